The molecule has 0 bridgehead atoms. The molecule has 1 amide bonds. The molecule has 19 heavy (non-hydrogen) atoms. The molecule has 1 aliphatic heterocycles. The Balaban J connectivity index is 1.74. The van der Waals surface area contributed by atoms with E-state index < -0.39 is 0 Å². The summed E-state index contributed by atoms with van der Waals surface area (Å²) >= 11 is 0. The molecule has 4 heteroatoms. The summed E-state index contributed by atoms with van der Waals surface area (Å²) in [5.41, 5.74) is 0. The zero-order chi connectivity index (χ0) is 13.7. The molecule has 1 aliphatic carbocycles. The van der Waals surface area contributed by atoms with E-state index in [9.17, 15) is 4.79 Å². The first-order valence-electron chi connectivity index (χ1n) is 7.95. The van der Waals surface area contributed by atoms with Crippen molar-refractivity contribution < 1.29 is 4.79 Å². The number of hydrogen-bond donors (Lipinski definition) is 2. The van der Waals surface area contributed by atoms with Crippen LogP contribution in [0.4, 0.5) is 0 Å². The zero-order valence-corrected chi connectivity index (χ0v) is 12.5. The average molecular weight is 267 g/mol. The van der Waals surface area contributed by atoms with Crippen molar-refractivity contribution in [1.29, 1.82) is 0 Å². The van der Waals surface area contributed by atoms with Crippen LogP contribution in [0.5, 0.6) is 0 Å². The molecule has 1 heterocycles. The lowest BCUT2D eigenvalue weighted by molar-refractivity contribution is -0.123. The normalized spacial score (nSPS) is 24.7. The molecule has 2 rings (SSSR count). The first-order chi connectivity index (χ1) is 9.19. The topological polar surface area (TPSA) is 44.4 Å². The largest absolute Gasteiger partial charge is 0.353 e. The highest BCUT2D eigenvalue weighted by Gasteiger charge is 2.32. The van der Waals surface area contributed by atoms with Crippen molar-refractivity contribution >= 4 is 5.91 Å². The van der Waals surface area contributed by atoms with E-state index in [0.29, 0.717) is 24.7 Å². The molecule has 0 aromatic heterocycles. The van der Waals surface area contributed by atoms with E-state index in [-0.39, 0.29) is 5.91 Å². The van der Waals surface area contributed by atoms with Crippen LogP contribution in [0.2, 0.25) is 0 Å². The number of amides is 1. The lowest BCUT2D eigenvalue weighted by atomic mass is 10.2. The van der Waals surface area contributed by atoms with Crippen molar-refractivity contribution in [3.05, 3.63) is 0 Å². The van der Waals surface area contributed by atoms with Gasteiger partial charge < -0.3 is 10.6 Å². The third-order valence-electron chi connectivity index (χ3n) is 4.16. The SMILES string of the molecule is CCCC(C)NC(=O)CN(CC1CCCN1)C1CC1. The molecule has 0 radical (unpaired) electrons. The molecule has 4 nitrogen and oxygen atoms in total. The van der Waals surface area contributed by atoms with E-state index in [0.717, 1.165) is 25.9 Å². The van der Waals surface area contributed by atoms with Gasteiger partial charge in [0.25, 0.3) is 0 Å². The van der Waals surface area contributed by atoms with Gasteiger partial charge in [-0.2, -0.15) is 0 Å². The molecule has 0 aromatic rings. The summed E-state index contributed by atoms with van der Waals surface area (Å²) in [6.45, 7) is 7.02. The summed E-state index contributed by atoms with van der Waals surface area (Å²) in [5, 5.41) is 6.65. The second kappa shape index (κ2) is 7.25. The van der Waals surface area contributed by atoms with Crippen LogP contribution in [0.25, 0.3) is 0 Å². The van der Waals surface area contributed by atoms with Crippen LogP contribution in [-0.4, -0.2) is 48.6 Å². The Hall–Kier alpha value is -0.610. The maximum atomic E-state index is 12.1. The van der Waals surface area contributed by atoms with Crippen LogP contribution in [0, 0.1) is 0 Å². The summed E-state index contributed by atoms with van der Waals surface area (Å²) < 4.78 is 0. The Morgan fingerprint density at radius 1 is 1.42 bits per heavy atom. The van der Waals surface area contributed by atoms with Crippen LogP contribution in [-0.2, 0) is 4.79 Å². The van der Waals surface area contributed by atoms with Crippen LogP contribution < -0.4 is 10.6 Å². The van der Waals surface area contributed by atoms with Gasteiger partial charge in [0.15, 0.2) is 0 Å². The van der Waals surface area contributed by atoms with Crippen molar-refractivity contribution in [3.63, 3.8) is 0 Å². The van der Waals surface area contributed by atoms with Crippen molar-refractivity contribution in [2.45, 2.75) is 70.5 Å². The summed E-state index contributed by atoms with van der Waals surface area (Å²) in [4.78, 5) is 14.5. The van der Waals surface area contributed by atoms with E-state index in [1.165, 1.54) is 25.7 Å². The number of rotatable bonds is 8. The Labute approximate surface area is 117 Å². The molecule has 1 saturated carbocycles. The molecule has 0 aromatic carbocycles. The minimum Gasteiger partial charge on any atom is -0.353 e. The lowest BCUT2D eigenvalue weighted by Gasteiger charge is -2.25. The molecule has 2 N–H and O–H groups in total. The van der Waals surface area contributed by atoms with E-state index in [1.807, 2.05) is 0 Å². The molecular formula is C15H29N3O. The van der Waals surface area contributed by atoms with Gasteiger partial charge in [-0.3, -0.25) is 9.69 Å². The fourth-order valence-corrected chi connectivity index (χ4v) is 2.99. The number of hydrogen-bond acceptors (Lipinski definition) is 3. The second-order valence-electron chi connectivity index (χ2n) is 6.21. The smallest absolute Gasteiger partial charge is 0.234 e. The quantitative estimate of drug-likeness (QED) is 0.700. The maximum Gasteiger partial charge on any atom is 0.234 e. The summed E-state index contributed by atoms with van der Waals surface area (Å²) in [5.74, 6) is 0.200. The standard InChI is InChI=1S/C15H29N3O/c1-3-5-12(2)17-15(19)11-18(14-7-8-14)10-13-6-4-9-16-13/h12-14,16H,3-11H2,1-2H3,(H,17,19). The molecule has 0 spiro atoms. The molecule has 1 saturated heterocycles. The maximum absolute atomic E-state index is 12.1. The summed E-state index contributed by atoms with van der Waals surface area (Å²) in [6.07, 6.45) is 7.27. The second-order valence-corrected chi connectivity index (χ2v) is 6.21. The Morgan fingerprint density at radius 2 is 2.21 bits per heavy atom. The first-order valence-corrected chi connectivity index (χ1v) is 7.95. The van der Waals surface area contributed by atoms with Gasteiger partial charge in [-0.25, -0.2) is 0 Å². The average Bonchev–Trinajstić information content (AvgIpc) is 3.08. The van der Waals surface area contributed by atoms with Crippen LogP contribution in [0.1, 0.15) is 52.4 Å². The summed E-state index contributed by atoms with van der Waals surface area (Å²) in [6, 6.07) is 1.57. The van der Waals surface area contributed by atoms with Crippen molar-refractivity contribution in [2.75, 3.05) is 19.6 Å². The van der Waals surface area contributed by atoms with Gasteiger partial charge in [0.2, 0.25) is 5.91 Å². The third kappa shape index (κ3) is 5.11. The first kappa shape index (κ1) is 14.8. The molecule has 2 fully saturated rings. The minimum absolute atomic E-state index is 0.200. The van der Waals surface area contributed by atoms with Crippen molar-refractivity contribution in [2.24, 2.45) is 0 Å². The predicted molar refractivity (Wildman–Crippen MR) is 78.1 cm³/mol. The minimum atomic E-state index is 0.200. The van der Waals surface area contributed by atoms with E-state index >= 15 is 0 Å². The molecule has 2 aliphatic rings. The zero-order valence-electron chi connectivity index (χ0n) is 12.5. The molecule has 2 atom stereocenters. The Kier molecular flexibility index (Phi) is 5.64. The van der Waals surface area contributed by atoms with Gasteiger partial charge in [0.1, 0.15) is 0 Å². The van der Waals surface area contributed by atoms with Gasteiger partial charge in [-0.05, 0) is 45.6 Å². The third-order valence-corrected chi connectivity index (χ3v) is 4.16. The van der Waals surface area contributed by atoms with Gasteiger partial charge in [-0.1, -0.05) is 13.3 Å². The van der Waals surface area contributed by atoms with E-state index in [4.69, 9.17) is 0 Å². The Bertz CT molecular complexity index is 285. The van der Waals surface area contributed by atoms with Gasteiger partial charge >= 0.3 is 0 Å². The Morgan fingerprint density at radius 3 is 2.79 bits per heavy atom. The highest BCUT2D eigenvalue weighted by molar-refractivity contribution is 5.78. The fraction of sp³-hybridized carbons (Fsp3) is 0.933. The van der Waals surface area contributed by atoms with Gasteiger partial charge in [0.05, 0.1) is 6.54 Å². The van der Waals surface area contributed by atoms with E-state index in [1.54, 1.807) is 0 Å². The van der Waals surface area contributed by atoms with Gasteiger partial charge in [0, 0.05) is 24.7 Å². The monoisotopic (exact) mass is 267 g/mol. The lowest BCUT2D eigenvalue weighted by Crippen LogP contribution is -2.46. The van der Waals surface area contributed by atoms with Crippen molar-refractivity contribution in [3.8, 4) is 0 Å². The molecule has 2 unspecified atom stereocenters. The van der Waals surface area contributed by atoms with Crippen LogP contribution in [0.3, 0.4) is 0 Å². The predicted octanol–water partition coefficient (Wildman–Crippen LogP) is 1.51. The molecular weight excluding hydrogens is 238 g/mol. The summed E-state index contributed by atoms with van der Waals surface area (Å²) in [7, 11) is 0. The van der Waals surface area contributed by atoms with E-state index in [2.05, 4.69) is 29.4 Å². The number of carbonyl (C=O) groups excluding carboxylic acids is 1. The van der Waals surface area contributed by atoms with Gasteiger partial charge in [-0.15, -0.1) is 0 Å². The number of nitrogens with zero attached hydrogens (tertiary/aromatic N) is 1. The number of carbonyl (C=O) groups is 1. The highest BCUT2D eigenvalue weighted by atomic mass is 16.2. The van der Waals surface area contributed by atoms with Crippen LogP contribution in [0.15, 0.2) is 0 Å². The van der Waals surface area contributed by atoms with Crippen molar-refractivity contribution in [1.82, 2.24) is 15.5 Å². The fourth-order valence-electron chi connectivity index (χ4n) is 2.99. The highest BCUT2D eigenvalue weighted by Crippen LogP contribution is 2.27. The number of nitrogens with one attached hydrogen (secondary N) is 2. The molecule has 110 valence electrons. The van der Waals surface area contributed by atoms with Crippen LogP contribution >= 0.6 is 0 Å².